The SMILES string of the molecule is O=[N+]([O-])c1cc(OCc2ccccc2)ccc1O. The molecular weight excluding hydrogens is 234 g/mol. The van der Waals surface area contributed by atoms with Crippen LogP contribution in [0.5, 0.6) is 11.5 Å². The molecule has 0 amide bonds. The lowest BCUT2D eigenvalue weighted by atomic mass is 10.2. The van der Waals surface area contributed by atoms with Gasteiger partial charge in [-0.25, -0.2) is 0 Å². The van der Waals surface area contributed by atoms with Crippen LogP contribution in [0.25, 0.3) is 0 Å². The molecule has 0 atom stereocenters. The van der Waals surface area contributed by atoms with Gasteiger partial charge >= 0.3 is 5.69 Å². The molecule has 2 rings (SSSR count). The van der Waals surface area contributed by atoms with Crippen molar-refractivity contribution < 1.29 is 14.8 Å². The standard InChI is InChI=1S/C13H11NO4/c15-13-7-6-11(8-12(13)14(16)17)18-9-10-4-2-1-3-5-10/h1-8,15H,9H2. The molecule has 0 bridgehead atoms. The molecular formula is C13H11NO4. The van der Waals surface area contributed by atoms with E-state index in [1.807, 2.05) is 30.3 Å². The lowest BCUT2D eigenvalue weighted by molar-refractivity contribution is -0.385. The number of phenolic OH excluding ortho intramolecular Hbond substituents is 1. The van der Waals surface area contributed by atoms with E-state index >= 15 is 0 Å². The first kappa shape index (κ1) is 11.9. The second-order valence-corrected chi connectivity index (χ2v) is 3.68. The van der Waals surface area contributed by atoms with Crippen LogP contribution in [0.15, 0.2) is 48.5 Å². The van der Waals surface area contributed by atoms with Gasteiger partial charge in [0.1, 0.15) is 12.4 Å². The van der Waals surface area contributed by atoms with Crippen LogP contribution >= 0.6 is 0 Å². The van der Waals surface area contributed by atoms with Crippen molar-refractivity contribution >= 4 is 5.69 Å². The molecule has 1 N–H and O–H groups in total. The average molecular weight is 245 g/mol. The molecule has 0 aliphatic heterocycles. The van der Waals surface area contributed by atoms with Gasteiger partial charge in [-0.15, -0.1) is 0 Å². The van der Waals surface area contributed by atoms with Crippen LogP contribution in [0, 0.1) is 10.1 Å². The van der Waals surface area contributed by atoms with Crippen LogP contribution in [0.4, 0.5) is 5.69 Å². The predicted octanol–water partition coefficient (Wildman–Crippen LogP) is 2.88. The van der Waals surface area contributed by atoms with Crippen LogP contribution < -0.4 is 4.74 Å². The van der Waals surface area contributed by atoms with Crippen molar-refractivity contribution in [3.8, 4) is 11.5 Å². The quantitative estimate of drug-likeness (QED) is 0.664. The lowest BCUT2D eigenvalue weighted by Gasteiger charge is -2.06. The summed E-state index contributed by atoms with van der Waals surface area (Å²) in [7, 11) is 0. The second kappa shape index (κ2) is 5.18. The Morgan fingerprint density at radius 3 is 2.56 bits per heavy atom. The van der Waals surface area contributed by atoms with E-state index < -0.39 is 4.92 Å². The first-order valence-electron chi connectivity index (χ1n) is 5.31. The van der Waals surface area contributed by atoms with Crippen LogP contribution in [0.2, 0.25) is 0 Å². The number of nitro groups is 1. The minimum absolute atomic E-state index is 0.322. The highest BCUT2D eigenvalue weighted by atomic mass is 16.6. The summed E-state index contributed by atoms with van der Waals surface area (Å²) in [5, 5.41) is 19.9. The van der Waals surface area contributed by atoms with Gasteiger partial charge in [-0.3, -0.25) is 10.1 Å². The predicted molar refractivity (Wildman–Crippen MR) is 65.5 cm³/mol. The van der Waals surface area contributed by atoms with E-state index in [4.69, 9.17) is 4.74 Å². The number of rotatable bonds is 4. The third kappa shape index (κ3) is 2.76. The second-order valence-electron chi connectivity index (χ2n) is 3.68. The molecule has 0 aromatic heterocycles. The minimum Gasteiger partial charge on any atom is -0.502 e. The van der Waals surface area contributed by atoms with Crippen molar-refractivity contribution in [3.63, 3.8) is 0 Å². The number of aromatic hydroxyl groups is 1. The molecule has 5 heteroatoms. The van der Waals surface area contributed by atoms with Crippen LogP contribution in [-0.4, -0.2) is 10.0 Å². The Bertz CT molecular complexity index is 554. The fraction of sp³-hybridized carbons (Fsp3) is 0.0769. The normalized spacial score (nSPS) is 10.0. The van der Waals surface area contributed by atoms with Gasteiger partial charge in [0, 0.05) is 0 Å². The van der Waals surface area contributed by atoms with Crippen molar-refractivity contribution in [1.29, 1.82) is 0 Å². The summed E-state index contributed by atoms with van der Waals surface area (Å²) in [5.41, 5.74) is 0.605. The van der Waals surface area contributed by atoms with Crippen molar-refractivity contribution in [2.75, 3.05) is 0 Å². The van der Waals surface area contributed by atoms with Crippen molar-refractivity contribution in [2.45, 2.75) is 6.61 Å². The number of nitrogens with zero attached hydrogens (tertiary/aromatic N) is 1. The summed E-state index contributed by atoms with van der Waals surface area (Å²) in [6.45, 7) is 0.322. The fourth-order valence-electron chi connectivity index (χ4n) is 1.48. The Labute approximate surface area is 103 Å². The molecule has 0 aliphatic carbocycles. The summed E-state index contributed by atoms with van der Waals surface area (Å²) in [5.74, 6) is -0.0181. The van der Waals surface area contributed by atoms with Gasteiger partial charge in [0.2, 0.25) is 0 Å². The highest BCUT2D eigenvalue weighted by molar-refractivity contribution is 5.49. The molecule has 5 nitrogen and oxygen atoms in total. The van der Waals surface area contributed by atoms with Crippen LogP contribution in [-0.2, 0) is 6.61 Å². The van der Waals surface area contributed by atoms with E-state index in [2.05, 4.69) is 0 Å². The number of benzene rings is 2. The zero-order chi connectivity index (χ0) is 13.0. The van der Waals surface area contributed by atoms with Crippen LogP contribution in [0.1, 0.15) is 5.56 Å². The molecule has 0 saturated carbocycles. The topological polar surface area (TPSA) is 72.6 Å². The Balaban J connectivity index is 2.11. The van der Waals surface area contributed by atoms with E-state index in [0.717, 1.165) is 5.56 Å². The van der Waals surface area contributed by atoms with E-state index in [-0.39, 0.29) is 11.4 Å². The third-order valence-corrected chi connectivity index (χ3v) is 2.39. The largest absolute Gasteiger partial charge is 0.502 e. The summed E-state index contributed by atoms with van der Waals surface area (Å²) in [4.78, 5) is 9.99. The average Bonchev–Trinajstić information content (AvgIpc) is 2.38. The maximum absolute atomic E-state index is 10.6. The number of ether oxygens (including phenoxy) is 1. The van der Waals surface area contributed by atoms with Crippen LogP contribution in [0.3, 0.4) is 0 Å². The first-order chi connectivity index (χ1) is 8.66. The monoisotopic (exact) mass is 245 g/mol. The van der Waals surface area contributed by atoms with Gasteiger partial charge < -0.3 is 9.84 Å². The molecule has 0 heterocycles. The van der Waals surface area contributed by atoms with Crippen molar-refractivity contribution in [2.24, 2.45) is 0 Å². The number of nitro benzene ring substituents is 1. The fourth-order valence-corrected chi connectivity index (χ4v) is 1.48. The summed E-state index contributed by atoms with van der Waals surface area (Å²) in [6.07, 6.45) is 0. The number of hydrogen-bond donors (Lipinski definition) is 1. The molecule has 0 saturated heterocycles. The Hall–Kier alpha value is -2.56. The molecule has 18 heavy (non-hydrogen) atoms. The van der Waals surface area contributed by atoms with Gasteiger partial charge in [-0.05, 0) is 17.7 Å². The molecule has 2 aromatic carbocycles. The molecule has 0 unspecified atom stereocenters. The van der Waals surface area contributed by atoms with Crippen molar-refractivity contribution in [3.05, 3.63) is 64.2 Å². The zero-order valence-corrected chi connectivity index (χ0v) is 9.45. The summed E-state index contributed by atoms with van der Waals surface area (Å²) < 4.78 is 5.42. The molecule has 0 spiro atoms. The first-order valence-corrected chi connectivity index (χ1v) is 5.31. The lowest BCUT2D eigenvalue weighted by Crippen LogP contribution is -1.96. The van der Waals surface area contributed by atoms with Crippen molar-refractivity contribution in [1.82, 2.24) is 0 Å². The van der Waals surface area contributed by atoms with Gasteiger partial charge in [-0.2, -0.15) is 0 Å². The molecule has 2 aromatic rings. The smallest absolute Gasteiger partial charge is 0.314 e. The minimum atomic E-state index is -0.648. The Morgan fingerprint density at radius 2 is 1.89 bits per heavy atom. The number of phenols is 1. The number of hydrogen-bond acceptors (Lipinski definition) is 4. The Morgan fingerprint density at radius 1 is 1.17 bits per heavy atom. The van der Waals surface area contributed by atoms with E-state index in [1.165, 1.54) is 18.2 Å². The molecule has 0 fully saturated rings. The summed E-state index contributed by atoms with van der Waals surface area (Å²) in [6, 6.07) is 13.4. The molecule has 0 aliphatic rings. The summed E-state index contributed by atoms with van der Waals surface area (Å²) >= 11 is 0. The molecule has 92 valence electrons. The van der Waals surface area contributed by atoms with Gasteiger partial charge in [-0.1, -0.05) is 30.3 Å². The van der Waals surface area contributed by atoms with Gasteiger partial charge in [0.25, 0.3) is 0 Å². The highest BCUT2D eigenvalue weighted by Crippen LogP contribution is 2.29. The van der Waals surface area contributed by atoms with Gasteiger partial charge in [0.15, 0.2) is 5.75 Å². The molecule has 0 radical (unpaired) electrons. The van der Waals surface area contributed by atoms with Gasteiger partial charge in [0.05, 0.1) is 11.0 Å². The Kier molecular flexibility index (Phi) is 3.43. The van der Waals surface area contributed by atoms with E-state index in [1.54, 1.807) is 0 Å². The maximum Gasteiger partial charge on any atom is 0.314 e. The third-order valence-electron chi connectivity index (χ3n) is 2.39. The zero-order valence-electron chi connectivity index (χ0n) is 9.45. The maximum atomic E-state index is 10.6. The van der Waals surface area contributed by atoms with E-state index in [9.17, 15) is 15.2 Å². The van der Waals surface area contributed by atoms with E-state index in [0.29, 0.717) is 12.4 Å². The highest BCUT2D eigenvalue weighted by Gasteiger charge is 2.14.